The van der Waals surface area contributed by atoms with Crippen LogP contribution in [0.5, 0.6) is 0 Å². The molecule has 2 atom stereocenters. The van der Waals surface area contributed by atoms with Crippen LogP contribution in [-0.2, 0) is 6.54 Å². The summed E-state index contributed by atoms with van der Waals surface area (Å²) in [6, 6.07) is 5.19. The quantitative estimate of drug-likeness (QED) is 0.882. The number of rotatable bonds is 4. The normalized spacial score (nSPS) is 24.2. The molecule has 2 unspecified atom stereocenters. The molecule has 0 heterocycles. The third-order valence-corrected chi connectivity index (χ3v) is 4.47. The molecule has 1 aliphatic carbocycles. The van der Waals surface area contributed by atoms with Gasteiger partial charge in [0.1, 0.15) is 5.82 Å². The van der Waals surface area contributed by atoms with E-state index < -0.39 is 0 Å². The summed E-state index contributed by atoms with van der Waals surface area (Å²) in [7, 11) is 0. The second-order valence-corrected chi connectivity index (χ2v) is 5.92. The number of benzene rings is 1. The van der Waals surface area contributed by atoms with Gasteiger partial charge in [0.25, 0.3) is 0 Å². The Kier molecular flexibility index (Phi) is 4.57. The van der Waals surface area contributed by atoms with E-state index in [0.717, 1.165) is 30.5 Å². The Labute approximate surface area is 111 Å². The maximum Gasteiger partial charge on any atom is 0.137 e. The van der Waals surface area contributed by atoms with Crippen LogP contribution in [0.2, 0.25) is 0 Å². The third-order valence-electron chi connectivity index (χ3n) is 3.58. The van der Waals surface area contributed by atoms with E-state index >= 15 is 0 Å². The topological polar surface area (TPSA) is 12.0 Å². The molecule has 1 nitrogen and oxygen atoms in total. The van der Waals surface area contributed by atoms with Gasteiger partial charge in [0.15, 0.2) is 0 Å². The van der Waals surface area contributed by atoms with E-state index in [2.05, 4.69) is 28.2 Å². The van der Waals surface area contributed by atoms with Crippen LogP contribution in [-0.4, -0.2) is 6.54 Å². The van der Waals surface area contributed by atoms with Crippen molar-refractivity contribution >= 4 is 15.9 Å². The van der Waals surface area contributed by atoms with Crippen LogP contribution in [0, 0.1) is 17.7 Å². The lowest BCUT2D eigenvalue weighted by atomic mass is 10.1. The van der Waals surface area contributed by atoms with Gasteiger partial charge in [-0.3, -0.25) is 0 Å². The summed E-state index contributed by atoms with van der Waals surface area (Å²) in [6.45, 7) is 4.11. The van der Waals surface area contributed by atoms with Crippen LogP contribution in [0.3, 0.4) is 0 Å². The maximum atomic E-state index is 13.3. The van der Waals surface area contributed by atoms with E-state index in [1.807, 2.05) is 6.07 Å². The van der Waals surface area contributed by atoms with Crippen molar-refractivity contribution < 1.29 is 4.39 Å². The van der Waals surface area contributed by atoms with Crippen molar-refractivity contribution in [3.05, 3.63) is 34.1 Å². The minimum Gasteiger partial charge on any atom is -0.312 e. The van der Waals surface area contributed by atoms with Gasteiger partial charge in [-0.2, -0.15) is 0 Å². The fraction of sp³-hybridized carbons (Fsp3) is 0.571. The molecule has 1 aromatic rings. The summed E-state index contributed by atoms with van der Waals surface area (Å²) in [6.07, 6.45) is 4.02. The average Bonchev–Trinajstić information content (AvgIpc) is 2.70. The second-order valence-electron chi connectivity index (χ2n) is 5.13. The molecule has 94 valence electrons. The molecule has 0 spiro atoms. The van der Waals surface area contributed by atoms with Crippen LogP contribution >= 0.6 is 15.9 Å². The Morgan fingerprint density at radius 2 is 2.24 bits per heavy atom. The van der Waals surface area contributed by atoms with Gasteiger partial charge in [0.2, 0.25) is 0 Å². The van der Waals surface area contributed by atoms with E-state index in [1.165, 1.54) is 25.3 Å². The summed E-state index contributed by atoms with van der Waals surface area (Å²) in [4.78, 5) is 0. The van der Waals surface area contributed by atoms with Crippen molar-refractivity contribution in [2.45, 2.75) is 32.7 Å². The van der Waals surface area contributed by atoms with Crippen molar-refractivity contribution in [3.63, 3.8) is 0 Å². The molecule has 1 aliphatic rings. The Morgan fingerprint density at radius 1 is 1.41 bits per heavy atom. The van der Waals surface area contributed by atoms with Gasteiger partial charge in [-0.1, -0.05) is 25.5 Å². The van der Waals surface area contributed by atoms with Crippen LogP contribution in [0.1, 0.15) is 31.7 Å². The molecule has 17 heavy (non-hydrogen) atoms. The molecule has 0 radical (unpaired) electrons. The van der Waals surface area contributed by atoms with E-state index in [0.29, 0.717) is 4.47 Å². The highest BCUT2D eigenvalue weighted by Crippen LogP contribution is 2.29. The number of hydrogen-bond donors (Lipinski definition) is 1. The third kappa shape index (κ3) is 3.52. The van der Waals surface area contributed by atoms with Crippen LogP contribution in [0.25, 0.3) is 0 Å². The van der Waals surface area contributed by atoms with Crippen molar-refractivity contribution in [2.24, 2.45) is 11.8 Å². The Bertz CT molecular complexity index is 380. The number of halogens is 2. The lowest BCUT2D eigenvalue weighted by Gasteiger charge is -2.12. The molecule has 0 aromatic heterocycles. The van der Waals surface area contributed by atoms with Gasteiger partial charge in [-0.25, -0.2) is 4.39 Å². The first kappa shape index (κ1) is 13.0. The molecule has 1 aromatic carbocycles. The van der Waals surface area contributed by atoms with Crippen LogP contribution < -0.4 is 5.32 Å². The number of nitrogens with one attached hydrogen (secondary N) is 1. The molecular weight excluding hydrogens is 281 g/mol. The molecule has 1 saturated carbocycles. The Hall–Kier alpha value is -0.410. The monoisotopic (exact) mass is 299 g/mol. The highest BCUT2D eigenvalue weighted by Gasteiger charge is 2.20. The van der Waals surface area contributed by atoms with Gasteiger partial charge < -0.3 is 5.32 Å². The van der Waals surface area contributed by atoms with Crippen molar-refractivity contribution in [1.29, 1.82) is 0 Å². The van der Waals surface area contributed by atoms with E-state index in [1.54, 1.807) is 6.07 Å². The van der Waals surface area contributed by atoms with Gasteiger partial charge in [-0.15, -0.1) is 0 Å². The van der Waals surface area contributed by atoms with E-state index in [4.69, 9.17) is 0 Å². The minimum atomic E-state index is -0.182. The first-order valence-electron chi connectivity index (χ1n) is 6.30. The number of hydrogen-bond acceptors (Lipinski definition) is 1. The predicted molar refractivity (Wildman–Crippen MR) is 72.3 cm³/mol. The first-order valence-corrected chi connectivity index (χ1v) is 7.09. The van der Waals surface area contributed by atoms with Gasteiger partial charge in [-0.05, 0) is 58.8 Å². The molecule has 0 saturated heterocycles. The SMILES string of the molecule is CC1CCC(CNCc2cccc(F)c2Br)C1. The summed E-state index contributed by atoms with van der Waals surface area (Å²) in [5.74, 6) is 1.50. The molecule has 0 bridgehead atoms. The molecule has 1 fully saturated rings. The van der Waals surface area contributed by atoms with Crippen molar-refractivity contribution in [3.8, 4) is 0 Å². The largest absolute Gasteiger partial charge is 0.312 e. The summed E-state index contributed by atoms with van der Waals surface area (Å²) in [5, 5.41) is 3.44. The summed E-state index contributed by atoms with van der Waals surface area (Å²) < 4.78 is 13.9. The zero-order chi connectivity index (χ0) is 12.3. The lowest BCUT2D eigenvalue weighted by molar-refractivity contribution is 0.470. The fourth-order valence-electron chi connectivity index (χ4n) is 2.61. The lowest BCUT2D eigenvalue weighted by Crippen LogP contribution is -2.21. The standard InChI is InChI=1S/C14H19BrFN/c1-10-5-6-11(7-10)8-17-9-12-3-2-4-13(16)14(12)15/h2-4,10-11,17H,5-9H2,1H3. The average molecular weight is 300 g/mol. The predicted octanol–water partition coefficient (Wildman–Crippen LogP) is 4.11. The fourth-order valence-corrected chi connectivity index (χ4v) is 3.01. The molecular formula is C14H19BrFN. The van der Waals surface area contributed by atoms with Gasteiger partial charge >= 0.3 is 0 Å². The first-order chi connectivity index (χ1) is 8.16. The van der Waals surface area contributed by atoms with E-state index in [-0.39, 0.29) is 5.82 Å². The van der Waals surface area contributed by atoms with Crippen molar-refractivity contribution in [1.82, 2.24) is 5.32 Å². The molecule has 1 N–H and O–H groups in total. The Balaban J connectivity index is 1.80. The highest BCUT2D eigenvalue weighted by molar-refractivity contribution is 9.10. The summed E-state index contributed by atoms with van der Waals surface area (Å²) >= 11 is 3.29. The van der Waals surface area contributed by atoms with Gasteiger partial charge in [0, 0.05) is 6.54 Å². The minimum absolute atomic E-state index is 0.182. The summed E-state index contributed by atoms with van der Waals surface area (Å²) in [5.41, 5.74) is 0.996. The van der Waals surface area contributed by atoms with Crippen LogP contribution in [0.15, 0.2) is 22.7 Å². The zero-order valence-corrected chi connectivity index (χ0v) is 11.8. The van der Waals surface area contributed by atoms with Crippen LogP contribution in [0.4, 0.5) is 4.39 Å². The molecule has 3 heteroatoms. The van der Waals surface area contributed by atoms with Gasteiger partial charge in [0.05, 0.1) is 4.47 Å². The maximum absolute atomic E-state index is 13.3. The smallest absolute Gasteiger partial charge is 0.137 e. The zero-order valence-electron chi connectivity index (χ0n) is 10.2. The highest BCUT2D eigenvalue weighted by atomic mass is 79.9. The van der Waals surface area contributed by atoms with Crippen molar-refractivity contribution in [2.75, 3.05) is 6.54 Å². The second kappa shape index (κ2) is 5.96. The van der Waals surface area contributed by atoms with E-state index in [9.17, 15) is 4.39 Å². The molecule has 0 amide bonds. The molecule has 0 aliphatic heterocycles. The Morgan fingerprint density at radius 3 is 2.94 bits per heavy atom. The molecule has 2 rings (SSSR count).